The molecule has 2 aliphatic carbocycles. The van der Waals surface area contributed by atoms with Crippen LogP contribution in [0.4, 0.5) is 0 Å². The van der Waals surface area contributed by atoms with E-state index in [-0.39, 0.29) is 23.5 Å². The highest BCUT2D eigenvalue weighted by atomic mass is 16.6. The van der Waals surface area contributed by atoms with E-state index in [0.717, 1.165) is 57.8 Å². The van der Waals surface area contributed by atoms with E-state index in [9.17, 15) is 10.2 Å². The van der Waals surface area contributed by atoms with E-state index in [4.69, 9.17) is 10.00 Å². The summed E-state index contributed by atoms with van der Waals surface area (Å²) in [4.78, 5) is 0. The van der Waals surface area contributed by atoms with Crippen molar-refractivity contribution in [2.24, 2.45) is 17.3 Å². The van der Waals surface area contributed by atoms with Crippen LogP contribution in [0.25, 0.3) is 0 Å². The molecule has 0 radical (unpaired) electrons. The minimum atomic E-state index is -1.00. The zero-order valence-electron chi connectivity index (χ0n) is 14.3. The van der Waals surface area contributed by atoms with Crippen molar-refractivity contribution < 1.29 is 14.9 Å². The van der Waals surface area contributed by atoms with Gasteiger partial charge in [0.25, 0.3) is 0 Å². The van der Waals surface area contributed by atoms with Gasteiger partial charge in [0.15, 0.2) is 5.79 Å². The summed E-state index contributed by atoms with van der Waals surface area (Å²) < 4.78 is 6.16. The average molecular weight is 321 g/mol. The molecular weight excluding hydrogens is 290 g/mol. The van der Waals surface area contributed by atoms with E-state index in [1.165, 1.54) is 0 Å². The van der Waals surface area contributed by atoms with Crippen LogP contribution in [0, 0.1) is 28.6 Å². The number of aliphatic hydroxyl groups is 2. The third kappa shape index (κ3) is 2.92. The monoisotopic (exact) mass is 321 g/mol. The third-order valence-corrected chi connectivity index (χ3v) is 7.05. The minimum absolute atomic E-state index is 0.00779. The van der Waals surface area contributed by atoms with Gasteiger partial charge in [0, 0.05) is 18.8 Å². The maximum atomic E-state index is 11.2. The maximum Gasteiger partial charge on any atom is 0.168 e. The summed E-state index contributed by atoms with van der Waals surface area (Å²) in [5.41, 5.74) is -0.00779. The Morgan fingerprint density at radius 2 is 2.00 bits per heavy atom. The summed E-state index contributed by atoms with van der Waals surface area (Å²) >= 11 is 0. The molecule has 2 N–H and O–H groups in total. The number of aliphatic hydroxyl groups excluding tert-OH is 1. The second-order valence-corrected chi connectivity index (χ2v) is 7.96. The minimum Gasteiger partial charge on any atom is -0.393 e. The van der Waals surface area contributed by atoms with Gasteiger partial charge < -0.3 is 14.9 Å². The van der Waals surface area contributed by atoms with Crippen molar-refractivity contribution in [2.45, 2.75) is 95.5 Å². The Balaban J connectivity index is 1.73. The van der Waals surface area contributed by atoms with Crippen LogP contribution in [-0.2, 0) is 4.74 Å². The third-order valence-electron chi connectivity index (χ3n) is 7.05. The van der Waals surface area contributed by atoms with Crippen molar-refractivity contribution in [1.29, 1.82) is 5.26 Å². The lowest BCUT2D eigenvalue weighted by Gasteiger charge is -2.60. The molecule has 1 saturated heterocycles. The van der Waals surface area contributed by atoms with Gasteiger partial charge in [-0.2, -0.15) is 5.26 Å². The van der Waals surface area contributed by atoms with E-state index < -0.39 is 5.79 Å². The van der Waals surface area contributed by atoms with Gasteiger partial charge in [-0.05, 0) is 62.7 Å². The van der Waals surface area contributed by atoms with Crippen molar-refractivity contribution in [2.75, 3.05) is 0 Å². The molecule has 0 aromatic heterocycles. The van der Waals surface area contributed by atoms with E-state index in [0.29, 0.717) is 18.8 Å². The summed E-state index contributed by atoms with van der Waals surface area (Å²) in [5, 5.41) is 30.5. The standard InChI is InChI=1S/C19H31NO3/c1-2-18-11-12-19(22)16(15(18)7-5-8-17(18)21)10-9-14(23-19)6-3-4-13-20/h14-17,21-22H,2-12H2,1H3/t14?,15?,16?,17-,18?,19?/m0/s1. The highest BCUT2D eigenvalue weighted by molar-refractivity contribution is 5.06. The van der Waals surface area contributed by atoms with E-state index in [1.54, 1.807) is 0 Å². The van der Waals surface area contributed by atoms with Gasteiger partial charge >= 0.3 is 0 Å². The molecule has 4 nitrogen and oxygen atoms in total. The Labute approximate surface area is 139 Å². The first-order valence-electron chi connectivity index (χ1n) is 9.51. The maximum absolute atomic E-state index is 11.2. The Hall–Kier alpha value is -0.630. The van der Waals surface area contributed by atoms with Gasteiger partial charge in [-0.1, -0.05) is 13.3 Å². The second kappa shape index (κ2) is 6.70. The molecular formula is C19H31NO3. The lowest BCUT2D eigenvalue weighted by atomic mass is 9.51. The van der Waals surface area contributed by atoms with E-state index >= 15 is 0 Å². The number of hydrogen-bond acceptors (Lipinski definition) is 4. The number of nitriles is 1. The Bertz CT molecular complexity index is 462. The van der Waals surface area contributed by atoms with Gasteiger partial charge in [-0.3, -0.25) is 0 Å². The molecule has 3 aliphatic rings. The molecule has 1 aliphatic heterocycles. The zero-order chi connectivity index (χ0) is 16.5. The number of hydrogen-bond donors (Lipinski definition) is 2. The number of rotatable bonds is 4. The molecule has 2 saturated carbocycles. The highest BCUT2D eigenvalue weighted by Gasteiger charge is 2.59. The molecule has 23 heavy (non-hydrogen) atoms. The molecule has 5 unspecified atom stereocenters. The second-order valence-electron chi connectivity index (χ2n) is 7.96. The SMILES string of the molecule is CCC12CCC3(O)OC(CCCC#N)CCC3C1CCC[C@@H]2O. The van der Waals surface area contributed by atoms with Gasteiger partial charge in [-0.25, -0.2) is 0 Å². The van der Waals surface area contributed by atoms with Crippen LogP contribution in [0.2, 0.25) is 0 Å². The van der Waals surface area contributed by atoms with Gasteiger partial charge in [0.1, 0.15) is 0 Å². The molecule has 0 aromatic rings. The van der Waals surface area contributed by atoms with Crippen molar-refractivity contribution >= 4 is 0 Å². The summed E-state index contributed by atoms with van der Waals surface area (Å²) in [7, 11) is 0. The van der Waals surface area contributed by atoms with Gasteiger partial charge in [0.05, 0.1) is 18.3 Å². The molecule has 4 heteroatoms. The normalized spacial score (nSPS) is 46.5. The number of fused-ring (bicyclic) bond motifs is 3. The summed E-state index contributed by atoms with van der Waals surface area (Å²) in [5.74, 6) is -0.455. The number of nitrogens with zero attached hydrogens (tertiary/aromatic N) is 1. The zero-order valence-corrected chi connectivity index (χ0v) is 14.3. The van der Waals surface area contributed by atoms with Crippen LogP contribution in [0.5, 0.6) is 0 Å². The highest BCUT2D eigenvalue weighted by Crippen LogP contribution is 2.60. The quantitative estimate of drug-likeness (QED) is 0.777. The molecule has 3 rings (SSSR count). The topological polar surface area (TPSA) is 73.5 Å². The fourth-order valence-electron chi connectivity index (χ4n) is 5.79. The fourth-order valence-corrected chi connectivity index (χ4v) is 5.79. The Morgan fingerprint density at radius 3 is 2.74 bits per heavy atom. The summed E-state index contributed by atoms with van der Waals surface area (Å²) in [6.45, 7) is 2.19. The van der Waals surface area contributed by atoms with Crippen molar-refractivity contribution in [1.82, 2.24) is 0 Å². The Kier molecular flexibility index (Phi) is 5.01. The van der Waals surface area contributed by atoms with Gasteiger partial charge in [-0.15, -0.1) is 0 Å². The van der Waals surface area contributed by atoms with Gasteiger partial charge in [0.2, 0.25) is 0 Å². The predicted octanol–water partition coefficient (Wildman–Crippen LogP) is 3.52. The van der Waals surface area contributed by atoms with Crippen LogP contribution >= 0.6 is 0 Å². The molecule has 0 spiro atoms. The van der Waals surface area contributed by atoms with E-state index in [1.807, 2.05) is 0 Å². The summed E-state index contributed by atoms with van der Waals surface area (Å²) in [6.07, 6.45) is 9.72. The lowest BCUT2D eigenvalue weighted by Crippen LogP contribution is -2.61. The van der Waals surface area contributed by atoms with Crippen molar-refractivity contribution in [3.8, 4) is 6.07 Å². The first kappa shape index (κ1) is 17.2. The Morgan fingerprint density at radius 1 is 1.17 bits per heavy atom. The van der Waals surface area contributed by atoms with Crippen LogP contribution in [-0.4, -0.2) is 28.2 Å². The molecule has 3 fully saturated rings. The predicted molar refractivity (Wildman–Crippen MR) is 87.3 cm³/mol. The smallest absolute Gasteiger partial charge is 0.168 e. The molecule has 130 valence electrons. The fraction of sp³-hybridized carbons (Fsp3) is 0.947. The van der Waals surface area contributed by atoms with Crippen LogP contribution in [0.15, 0.2) is 0 Å². The van der Waals surface area contributed by atoms with E-state index in [2.05, 4.69) is 13.0 Å². The largest absolute Gasteiger partial charge is 0.393 e. The van der Waals surface area contributed by atoms with Crippen molar-refractivity contribution in [3.63, 3.8) is 0 Å². The molecule has 0 aromatic carbocycles. The molecule has 0 amide bonds. The van der Waals surface area contributed by atoms with Crippen LogP contribution < -0.4 is 0 Å². The summed E-state index contributed by atoms with van der Waals surface area (Å²) in [6, 6.07) is 2.18. The lowest BCUT2D eigenvalue weighted by molar-refractivity contribution is -0.330. The average Bonchev–Trinajstić information content (AvgIpc) is 2.55. The van der Waals surface area contributed by atoms with Crippen LogP contribution in [0.3, 0.4) is 0 Å². The number of ether oxygens (including phenoxy) is 1. The first-order chi connectivity index (χ1) is 11.1. The first-order valence-corrected chi connectivity index (χ1v) is 9.51. The number of unbranched alkanes of at least 4 members (excludes halogenated alkanes) is 1. The molecule has 0 bridgehead atoms. The van der Waals surface area contributed by atoms with Crippen LogP contribution in [0.1, 0.15) is 77.6 Å². The molecule has 1 heterocycles. The van der Waals surface area contributed by atoms with Crippen molar-refractivity contribution in [3.05, 3.63) is 0 Å². The molecule has 6 atom stereocenters.